The van der Waals surface area contributed by atoms with Gasteiger partial charge in [0.05, 0.1) is 22.6 Å². The minimum atomic E-state index is -3.96. The van der Waals surface area contributed by atoms with E-state index in [-0.39, 0.29) is 9.92 Å². The lowest BCUT2D eigenvalue weighted by Crippen LogP contribution is -2.41. The Bertz CT molecular complexity index is 1170. The first-order valence-corrected chi connectivity index (χ1v) is 11.7. The van der Waals surface area contributed by atoms with Crippen molar-refractivity contribution in [3.8, 4) is 17.2 Å². The van der Waals surface area contributed by atoms with Crippen molar-refractivity contribution in [1.82, 2.24) is 4.72 Å². The average molecular weight is 475 g/mol. The van der Waals surface area contributed by atoms with Crippen LogP contribution in [0.5, 0.6) is 17.2 Å². The first-order chi connectivity index (χ1) is 15.3. The van der Waals surface area contributed by atoms with Gasteiger partial charge in [-0.1, -0.05) is 29.8 Å². The molecule has 0 heterocycles. The van der Waals surface area contributed by atoms with Crippen molar-refractivity contribution >= 4 is 33.2 Å². The lowest BCUT2D eigenvalue weighted by atomic mass is 10.2. The van der Waals surface area contributed by atoms with Crippen molar-refractivity contribution in [3.63, 3.8) is 0 Å². The molecule has 0 radical (unpaired) electrons. The second-order valence-electron chi connectivity index (χ2n) is 6.80. The molecule has 0 bridgehead atoms. The number of sulfonamides is 1. The Labute approximate surface area is 192 Å². The molecule has 2 N–H and O–H groups in total. The van der Waals surface area contributed by atoms with Gasteiger partial charge in [-0.05, 0) is 68.4 Å². The predicted molar refractivity (Wildman–Crippen MR) is 124 cm³/mol. The highest BCUT2D eigenvalue weighted by Gasteiger charge is 2.23. The Morgan fingerprint density at radius 2 is 1.66 bits per heavy atom. The first kappa shape index (κ1) is 23.6. The van der Waals surface area contributed by atoms with Crippen LogP contribution in [0, 0.1) is 0 Å². The van der Waals surface area contributed by atoms with Gasteiger partial charge >= 0.3 is 0 Å². The van der Waals surface area contributed by atoms with Gasteiger partial charge in [0.1, 0.15) is 17.2 Å². The number of benzene rings is 3. The number of hydrogen-bond donors (Lipinski definition) is 2. The Hall–Kier alpha value is -3.07. The second kappa shape index (κ2) is 10.5. The van der Waals surface area contributed by atoms with Gasteiger partial charge < -0.3 is 14.8 Å². The number of carbonyl (C=O) groups excluding carboxylic acids is 1. The zero-order valence-corrected chi connectivity index (χ0v) is 19.1. The zero-order valence-electron chi connectivity index (χ0n) is 17.5. The van der Waals surface area contributed by atoms with E-state index in [2.05, 4.69) is 10.0 Å². The molecule has 3 rings (SSSR count). The summed E-state index contributed by atoms with van der Waals surface area (Å²) in [5, 5.41) is 2.85. The standard InChI is InChI=1S/C23H23ClN2O5S/c1-3-30-22-14-13-20(15-21(22)24)32(28,29)26-16(2)23(27)25-17-9-11-19(12-10-17)31-18-7-5-4-6-8-18/h4-16,26H,3H2,1-2H3,(H,25,27)/t16-/m0/s1. The maximum absolute atomic E-state index is 12.6. The number of nitrogens with one attached hydrogen (secondary N) is 2. The van der Waals surface area contributed by atoms with E-state index in [9.17, 15) is 13.2 Å². The average Bonchev–Trinajstić information content (AvgIpc) is 2.77. The maximum atomic E-state index is 12.6. The van der Waals surface area contributed by atoms with Gasteiger partial charge in [0.15, 0.2) is 0 Å². The number of halogens is 1. The number of para-hydroxylation sites is 1. The molecule has 0 spiro atoms. The molecule has 0 aliphatic rings. The van der Waals surface area contributed by atoms with Crippen LogP contribution >= 0.6 is 11.6 Å². The molecule has 0 unspecified atom stereocenters. The largest absolute Gasteiger partial charge is 0.492 e. The summed E-state index contributed by atoms with van der Waals surface area (Å²) in [7, 11) is -3.96. The molecule has 0 saturated heterocycles. The van der Waals surface area contributed by atoms with Crippen LogP contribution in [0.4, 0.5) is 5.69 Å². The molecule has 0 aliphatic heterocycles. The van der Waals surface area contributed by atoms with Crippen molar-refractivity contribution in [2.75, 3.05) is 11.9 Å². The lowest BCUT2D eigenvalue weighted by molar-refractivity contribution is -0.117. The number of carbonyl (C=O) groups is 1. The summed E-state index contributed by atoms with van der Waals surface area (Å²) in [6.07, 6.45) is 0. The fourth-order valence-corrected chi connectivity index (χ4v) is 4.29. The Morgan fingerprint density at radius 1 is 1.00 bits per heavy atom. The molecule has 0 aromatic heterocycles. The highest BCUT2D eigenvalue weighted by atomic mass is 35.5. The van der Waals surface area contributed by atoms with Gasteiger partial charge in [-0.2, -0.15) is 4.72 Å². The molecular formula is C23H23ClN2O5S. The normalized spacial score (nSPS) is 12.1. The molecule has 168 valence electrons. The third-order valence-corrected chi connectivity index (χ3v) is 6.17. The zero-order chi connectivity index (χ0) is 23.1. The first-order valence-electron chi connectivity index (χ1n) is 9.87. The molecule has 1 amide bonds. The Kier molecular flexibility index (Phi) is 7.74. The monoisotopic (exact) mass is 474 g/mol. The van der Waals surface area contributed by atoms with Crippen LogP contribution in [0.15, 0.2) is 77.7 Å². The van der Waals surface area contributed by atoms with E-state index >= 15 is 0 Å². The molecule has 0 aliphatic carbocycles. The molecule has 9 heteroatoms. The highest BCUT2D eigenvalue weighted by Crippen LogP contribution is 2.27. The van der Waals surface area contributed by atoms with Gasteiger partial charge in [-0.3, -0.25) is 4.79 Å². The number of amides is 1. The van der Waals surface area contributed by atoms with Gasteiger partial charge in [0, 0.05) is 5.69 Å². The highest BCUT2D eigenvalue weighted by molar-refractivity contribution is 7.89. The SMILES string of the molecule is CCOc1ccc(S(=O)(=O)N[C@@H](C)C(=O)Nc2ccc(Oc3ccccc3)cc2)cc1Cl. The molecule has 3 aromatic carbocycles. The summed E-state index contributed by atoms with van der Waals surface area (Å²) in [6.45, 7) is 3.66. The third kappa shape index (κ3) is 6.23. The van der Waals surface area contributed by atoms with E-state index in [0.717, 1.165) is 0 Å². The fourth-order valence-electron chi connectivity index (χ4n) is 2.76. The van der Waals surface area contributed by atoms with E-state index in [1.54, 1.807) is 31.2 Å². The quantitative estimate of drug-likeness (QED) is 0.463. The van der Waals surface area contributed by atoms with E-state index in [0.29, 0.717) is 29.5 Å². The second-order valence-corrected chi connectivity index (χ2v) is 8.92. The molecule has 32 heavy (non-hydrogen) atoms. The molecule has 0 fully saturated rings. The van der Waals surface area contributed by atoms with Crippen molar-refractivity contribution in [1.29, 1.82) is 0 Å². The van der Waals surface area contributed by atoms with Crippen LogP contribution in [0.2, 0.25) is 5.02 Å². The van der Waals surface area contributed by atoms with Gasteiger partial charge in [0.2, 0.25) is 15.9 Å². The van der Waals surface area contributed by atoms with Crippen molar-refractivity contribution in [3.05, 3.63) is 77.8 Å². The summed E-state index contributed by atoms with van der Waals surface area (Å²) in [5.41, 5.74) is 0.505. The third-order valence-electron chi connectivity index (χ3n) is 4.34. The van der Waals surface area contributed by atoms with Crippen LogP contribution in [0.3, 0.4) is 0 Å². The van der Waals surface area contributed by atoms with Crippen LogP contribution in [-0.2, 0) is 14.8 Å². The molecular weight excluding hydrogens is 452 g/mol. The van der Waals surface area contributed by atoms with Gasteiger partial charge in [-0.25, -0.2) is 8.42 Å². The Balaban J connectivity index is 1.61. The van der Waals surface area contributed by atoms with Gasteiger partial charge in [-0.15, -0.1) is 0 Å². The van der Waals surface area contributed by atoms with E-state index in [1.165, 1.54) is 25.1 Å². The minimum absolute atomic E-state index is 0.0620. The van der Waals surface area contributed by atoms with Gasteiger partial charge in [0.25, 0.3) is 0 Å². The lowest BCUT2D eigenvalue weighted by Gasteiger charge is -2.15. The number of rotatable bonds is 9. The van der Waals surface area contributed by atoms with Crippen molar-refractivity contribution < 1.29 is 22.7 Å². The smallest absolute Gasteiger partial charge is 0.242 e. The van der Waals surface area contributed by atoms with Crippen LogP contribution in [0.1, 0.15) is 13.8 Å². The summed E-state index contributed by atoms with van der Waals surface area (Å²) in [4.78, 5) is 12.4. The topological polar surface area (TPSA) is 93.7 Å². The predicted octanol–water partition coefficient (Wildman–Crippen LogP) is 4.84. The summed E-state index contributed by atoms with van der Waals surface area (Å²) >= 11 is 6.08. The summed E-state index contributed by atoms with van der Waals surface area (Å²) in [6, 6.07) is 19.2. The fraction of sp³-hybridized carbons (Fsp3) is 0.174. The van der Waals surface area contributed by atoms with Crippen LogP contribution < -0.4 is 19.5 Å². The Morgan fingerprint density at radius 3 is 2.28 bits per heavy atom. The van der Waals surface area contributed by atoms with E-state index in [4.69, 9.17) is 21.1 Å². The number of hydrogen-bond acceptors (Lipinski definition) is 5. The van der Waals surface area contributed by atoms with Crippen LogP contribution in [0.25, 0.3) is 0 Å². The maximum Gasteiger partial charge on any atom is 0.242 e. The minimum Gasteiger partial charge on any atom is -0.492 e. The molecule has 1 atom stereocenters. The molecule has 7 nitrogen and oxygen atoms in total. The van der Waals surface area contributed by atoms with E-state index in [1.807, 2.05) is 30.3 Å². The number of ether oxygens (including phenoxy) is 2. The molecule has 3 aromatic rings. The van der Waals surface area contributed by atoms with Crippen LogP contribution in [-0.4, -0.2) is 27.0 Å². The summed E-state index contributed by atoms with van der Waals surface area (Å²) < 4.78 is 38.6. The number of anilines is 1. The summed E-state index contributed by atoms with van der Waals surface area (Å²) in [5.74, 6) is 1.18. The van der Waals surface area contributed by atoms with Crippen molar-refractivity contribution in [2.45, 2.75) is 24.8 Å². The molecule has 0 saturated carbocycles. The van der Waals surface area contributed by atoms with Crippen molar-refractivity contribution in [2.24, 2.45) is 0 Å². The van der Waals surface area contributed by atoms with E-state index < -0.39 is 22.0 Å².